The summed E-state index contributed by atoms with van der Waals surface area (Å²) in [5.41, 5.74) is -2.92. The van der Waals surface area contributed by atoms with Gasteiger partial charge >= 0.3 is 29.9 Å². The van der Waals surface area contributed by atoms with Gasteiger partial charge in [-0.25, -0.2) is 14.4 Å². The molecule has 0 fully saturated rings. The van der Waals surface area contributed by atoms with E-state index in [0.717, 1.165) is 0 Å². The van der Waals surface area contributed by atoms with Gasteiger partial charge in [-0.2, -0.15) is 0 Å². The van der Waals surface area contributed by atoms with Crippen LogP contribution in [0.4, 0.5) is 4.79 Å². The minimum absolute atomic E-state index is 0.473. The molecule has 0 saturated heterocycles. The zero-order valence-corrected chi connectivity index (χ0v) is 11.7. The summed E-state index contributed by atoms with van der Waals surface area (Å²) in [4.78, 5) is 54.1. The molecule has 12 nitrogen and oxygen atoms in total. The van der Waals surface area contributed by atoms with Crippen molar-refractivity contribution in [1.82, 2.24) is 10.6 Å². The van der Waals surface area contributed by atoms with E-state index in [0.29, 0.717) is 0 Å². The Morgan fingerprint density at radius 3 is 1.83 bits per heavy atom. The van der Waals surface area contributed by atoms with Crippen LogP contribution in [0.15, 0.2) is 0 Å². The lowest BCUT2D eigenvalue weighted by atomic mass is 10.1. The van der Waals surface area contributed by atoms with Crippen LogP contribution in [0.5, 0.6) is 0 Å². The Morgan fingerprint density at radius 2 is 1.43 bits per heavy atom. The van der Waals surface area contributed by atoms with Crippen LogP contribution >= 0.6 is 0 Å². The second kappa shape index (κ2) is 8.53. The fourth-order valence-corrected chi connectivity index (χ4v) is 1.42. The molecule has 0 spiro atoms. The Kier molecular flexibility index (Phi) is 7.46. The first kappa shape index (κ1) is 20.1. The van der Waals surface area contributed by atoms with E-state index in [2.05, 4.69) is 0 Å². The van der Waals surface area contributed by atoms with Gasteiger partial charge in [0.05, 0.1) is 6.42 Å². The van der Waals surface area contributed by atoms with E-state index in [4.69, 9.17) is 20.4 Å². The van der Waals surface area contributed by atoms with Gasteiger partial charge in [0.15, 0.2) is 0 Å². The zero-order chi connectivity index (χ0) is 18.2. The van der Waals surface area contributed by atoms with Crippen molar-refractivity contribution in [2.24, 2.45) is 0 Å². The molecule has 0 aromatic heterocycles. The molecule has 7 N–H and O–H groups in total. The normalized spacial score (nSPS) is 14.1. The van der Waals surface area contributed by atoms with Crippen LogP contribution in [0.3, 0.4) is 0 Å². The number of rotatable bonds is 10. The minimum Gasteiger partial charge on any atom is -0.481 e. The molecular weight excluding hydrogens is 320 g/mol. The third-order valence-electron chi connectivity index (χ3n) is 2.63. The first-order valence-electron chi connectivity index (χ1n) is 6.18. The molecular formula is C11H16N2O10. The molecule has 0 aliphatic rings. The molecule has 0 aromatic carbocycles. The van der Waals surface area contributed by atoms with Gasteiger partial charge in [-0.1, -0.05) is 0 Å². The summed E-state index contributed by atoms with van der Waals surface area (Å²) in [6.45, 7) is 0. The van der Waals surface area contributed by atoms with Crippen molar-refractivity contribution in [3.8, 4) is 0 Å². The van der Waals surface area contributed by atoms with E-state index >= 15 is 0 Å². The lowest BCUT2D eigenvalue weighted by Crippen LogP contribution is -2.59. The van der Waals surface area contributed by atoms with Crippen molar-refractivity contribution >= 4 is 29.9 Å². The fraction of sp³-hybridized carbons (Fsp3) is 0.545. The Morgan fingerprint density at radius 1 is 0.913 bits per heavy atom. The van der Waals surface area contributed by atoms with E-state index in [1.165, 1.54) is 0 Å². The summed E-state index contributed by atoms with van der Waals surface area (Å²) in [6, 6.07) is -3.04. The molecule has 130 valence electrons. The number of hydrogen-bond acceptors (Lipinski definition) is 6. The number of carboxylic acid groups (broad SMARTS) is 4. The number of aliphatic hydroxyl groups is 1. The van der Waals surface area contributed by atoms with Crippen LogP contribution in [-0.2, 0) is 19.2 Å². The highest BCUT2D eigenvalue weighted by Crippen LogP contribution is 2.10. The summed E-state index contributed by atoms with van der Waals surface area (Å²) < 4.78 is 0. The van der Waals surface area contributed by atoms with E-state index in [9.17, 15) is 29.1 Å². The van der Waals surface area contributed by atoms with Crippen molar-refractivity contribution in [2.75, 3.05) is 0 Å². The maximum atomic E-state index is 11.6. The molecule has 23 heavy (non-hydrogen) atoms. The molecule has 0 aromatic rings. The van der Waals surface area contributed by atoms with E-state index in [1.54, 1.807) is 10.6 Å². The molecule has 2 amide bonds. The first-order chi connectivity index (χ1) is 10.5. The molecule has 12 heteroatoms. The smallest absolute Gasteiger partial charge is 0.357 e. The molecule has 0 bridgehead atoms. The van der Waals surface area contributed by atoms with Crippen molar-refractivity contribution in [1.29, 1.82) is 0 Å². The van der Waals surface area contributed by atoms with Crippen molar-refractivity contribution in [2.45, 2.75) is 37.5 Å². The van der Waals surface area contributed by atoms with Crippen LogP contribution in [0.25, 0.3) is 0 Å². The lowest BCUT2D eigenvalue weighted by molar-refractivity contribution is -0.162. The monoisotopic (exact) mass is 336 g/mol. The average Bonchev–Trinajstić information content (AvgIpc) is 2.40. The molecule has 0 saturated carbocycles. The third-order valence-corrected chi connectivity index (χ3v) is 2.63. The second-order valence-electron chi connectivity index (χ2n) is 4.48. The SMILES string of the molecule is O=C(O)CC[C@H](NC(=O)NC(O)(CCC(=O)O)C(=O)O)C(=O)O. The predicted molar refractivity (Wildman–Crippen MR) is 69.4 cm³/mol. The highest BCUT2D eigenvalue weighted by molar-refractivity contribution is 5.87. The maximum absolute atomic E-state index is 11.6. The van der Waals surface area contributed by atoms with E-state index < -0.39 is 67.4 Å². The Balaban J connectivity index is 4.83. The number of carbonyl (C=O) groups excluding carboxylic acids is 1. The molecule has 1 unspecified atom stereocenters. The Labute approximate surface area is 128 Å². The quantitative estimate of drug-likeness (QED) is 0.223. The largest absolute Gasteiger partial charge is 0.481 e. The minimum atomic E-state index is -2.92. The number of urea groups is 1. The van der Waals surface area contributed by atoms with Crippen molar-refractivity contribution in [3.05, 3.63) is 0 Å². The van der Waals surface area contributed by atoms with Gasteiger partial charge in [0, 0.05) is 12.8 Å². The van der Waals surface area contributed by atoms with Crippen LogP contribution in [-0.4, -0.2) is 67.2 Å². The van der Waals surface area contributed by atoms with Gasteiger partial charge in [-0.15, -0.1) is 0 Å². The van der Waals surface area contributed by atoms with Gasteiger partial charge in [-0.05, 0) is 6.42 Å². The molecule has 0 radical (unpaired) electrons. The first-order valence-corrected chi connectivity index (χ1v) is 6.18. The van der Waals surface area contributed by atoms with Gasteiger partial charge in [-0.3, -0.25) is 9.59 Å². The summed E-state index contributed by atoms with van der Waals surface area (Å²) >= 11 is 0. The predicted octanol–water partition coefficient (Wildman–Crippen LogP) is -1.76. The van der Waals surface area contributed by atoms with Gasteiger partial charge in [0.25, 0.3) is 0 Å². The molecule has 0 aliphatic carbocycles. The van der Waals surface area contributed by atoms with Crippen molar-refractivity contribution in [3.63, 3.8) is 0 Å². The Hall–Kier alpha value is -2.89. The molecule has 0 heterocycles. The van der Waals surface area contributed by atoms with Crippen molar-refractivity contribution < 1.29 is 49.5 Å². The highest BCUT2D eigenvalue weighted by Gasteiger charge is 2.38. The highest BCUT2D eigenvalue weighted by atomic mass is 16.4. The maximum Gasteiger partial charge on any atom is 0.357 e. The standard InChI is InChI=1S/C11H16N2O10/c14-6(15)2-1-5(8(18)19)12-10(22)13-11(23,9(20)21)4-3-7(16)17/h5,23H,1-4H2,(H,14,15)(H,16,17)(H,18,19)(H,20,21)(H2,12,13,22)/t5-,11?/m0/s1. The number of hydrogen-bond donors (Lipinski definition) is 7. The number of carbonyl (C=O) groups is 5. The summed E-state index contributed by atoms with van der Waals surface area (Å²) in [5, 5.41) is 47.6. The fourth-order valence-electron chi connectivity index (χ4n) is 1.42. The van der Waals surface area contributed by atoms with Crippen LogP contribution in [0.1, 0.15) is 25.7 Å². The van der Waals surface area contributed by atoms with E-state index in [-0.39, 0.29) is 0 Å². The van der Waals surface area contributed by atoms with E-state index in [1.807, 2.05) is 0 Å². The zero-order valence-electron chi connectivity index (χ0n) is 11.7. The Bertz CT molecular complexity index is 505. The summed E-state index contributed by atoms with van der Waals surface area (Å²) in [5.74, 6) is -6.23. The second-order valence-corrected chi connectivity index (χ2v) is 4.48. The van der Waals surface area contributed by atoms with Gasteiger partial charge in [0.2, 0.25) is 5.72 Å². The summed E-state index contributed by atoms with van der Waals surface area (Å²) in [7, 11) is 0. The van der Waals surface area contributed by atoms with Crippen LogP contribution < -0.4 is 10.6 Å². The average molecular weight is 336 g/mol. The van der Waals surface area contributed by atoms with Gasteiger partial charge < -0.3 is 36.2 Å². The third kappa shape index (κ3) is 7.61. The topological polar surface area (TPSA) is 211 Å². The summed E-state index contributed by atoms with van der Waals surface area (Å²) in [6.07, 6.45) is -2.68. The van der Waals surface area contributed by atoms with Crippen LogP contribution in [0, 0.1) is 0 Å². The lowest BCUT2D eigenvalue weighted by Gasteiger charge is -2.25. The number of amides is 2. The number of carboxylic acids is 4. The van der Waals surface area contributed by atoms with Gasteiger partial charge in [0.1, 0.15) is 6.04 Å². The number of aliphatic carboxylic acids is 4. The molecule has 2 atom stereocenters. The molecule has 0 aliphatic heterocycles. The number of nitrogens with one attached hydrogen (secondary N) is 2. The van der Waals surface area contributed by atoms with Crippen LogP contribution in [0.2, 0.25) is 0 Å². The molecule has 0 rings (SSSR count).